The van der Waals surface area contributed by atoms with Crippen molar-refractivity contribution >= 4 is 11.9 Å². The summed E-state index contributed by atoms with van der Waals surface area (Å²) >= 11 is 0. The maximum atomic E-state index is 11.6. The Labute approximate surface area is 132 Å². The zero-order valence-corrected chi connectivity index (χ0v) is 12.3. The van der Waals surface area contributed by atoms with Crippen LogP contribution >= 0.6 is 0 Å². The van der Waals surface area contributed by atoms with Gasteiger partial charge in [0.05, 0.1) is 32.1 Å². The number of ether oxygens (including phenoxy) is 5. The van der Waals surface area contributed by atoms with Crippen LogP contribution < -0.4 is 0 Å². The lowest BCUT2D eigenvalue weighted by atomic mass is 10.1. The molecule has 0 spiro atoms. The van der Waals surface area contributed by atoms with Crippen LogP contribution in [0.15, 0.2) is 0 Å². The molecule has 9 nitrogen and oxygen atoms in total. The summed E-state index contributed by atoms with van der Waals surface area (Å²) in [7, 11) is 0. The highest BCUT2D eigenvalue weighted by molar-refractivity contribution is 5.70. The Bertz CT molecular complexity index is 524. The van der Waals surface area contributed by atoms with Crippen molar-refractivity contribution in [3.8, 4) is 12.3 Å². The summed E-state index contributed by atoms with van der Waals surface area (Å²) < 4.78 is 25.9. The van der Waals surface area contributed by atoms with E-state index in [-0.39, 0.29) is 39.1 Å². The number of carbonyl (C=O) groups is 2. The normalized spacial score (nSPS) is 28.3. The second kappa shape index (κ2) is 8.32. The Morgan fingerprint density at radius 1 is 1.00 bits per heavy atom. The SMILES string of the molecule is N#CCCC(=O)OC1COC2C(OC(=O)CCOC#N)COC12. The van der Waals surface area contributed by atoms with Gasteiger partial charge in [-0.3, -0.25) is 9.59 Å². The van der Waals surface area contributed by atoms with Crippen LogP contribution in [-0.4, -0.2) is 56.2 Å². The molecular weight excluding hydrogens is 308 g/mol. The summed E-state index contributed by atoms with van der Waals surface area (Å²) in [5.41, 5.74) is 0. The fourth-order valence-electron chi connectivity index (χ4n) is 2.42. The van der Waals surface area contributed by atoms with E-state index in [1.54, 1.807) is 0 Å². The molecule has 23 heavy (non-hydrogen) atoms. The Morgan fingerprint density at radius 3 is 2.09 bits per heavy atom. The molecule has 0 N–H and O–H groups in total. The van der Waals surface area contributed by atoms with Crippen LogP contribution in [-0.2, 0) is 33.3 Å². The van der Waals surface area contributed by atoms with Gasteiger partial charge in [-0.05, 0) is 0 Å². The maximum Gasteiger partial charge on any atom is 0.309 e. The van der Waals surface area contributed by atoms with Gasteiger partial charge in [-0.25, -0.2) is 0 Å². The number of hydrogen-bond acceptors (Lipinski definition) is 9. The molecule has 0 aromatic carbocycles. The first-order valence-corrected chi connectivity index (χ1v) is 7.15. The summed E-state index contributed by atoms with van der Waals surface area (Å²) in [6, 6.07) is 1.87. The van der Waals surface area contributed by atoms with E-state index in [2.05, 4.69) is 4.74 Å². The lowest BCUT2D eigenvalue weighted by molar-refractivity contribution is -0.155. The topological polar surface area (TPSA) is 128 Å². The summed E-state index contributed by atoms with van der Waals surface area (Å²) in [5, 5.41) is 16.7. The summed E-state index contributed by atoms with van der Waals surface area (Å²) in [5.74, 6) is -1.01. The second-order valence-corrected chi connectivity index (χ2v) is 5.00. The summed E-state index contributed by atoms with van der Waals surface area (Å²) in [6.07, 6.45) is -0.621. The predicted octanol–water partition coefficient (Wildman–Crippen LogP) is -0.201. The minimum Gasteiger partial charge on any atom is -0.457 e. The molecule has 2 rings (SSSR count). The van der Waals surface area contributed by atoms with E-state index in [9.17, 15) is 9.59 Å². The molecule has 2 heterocycles. The van der Waals surface area contributed by atoms with Gasteiger partial charge in [-0.15, -0.1) is 0 Å². The minimum atomic E-state index is -0.586. The van der Waals surface area contributed by atoms with Gasteiger partial charge in [-0.2, -0.15) is 10.5 Å². The molecular formula is C14H16N2O7. The van der Waals surface area contributed by atoms with Crippen molar-refractivity contribution in [2.45, 2.75) is 43.7 Å². The molecule has 0 bridgehead atoms. The number of nitriles is 2. The van der Waals surface area contributed by atoms with Crippen molar-refractivity contribution in [1.82, 2.24) is 0 Å². The Hall–Kier alpha value is -2.36. The van der Waals surface area contributed by atoms with Crippen molar-refractivity contribution in [3.63, 3.8) is 0 Å². The smallest absolute Gasteiger partial charge is 0.309 e. The number of esters is 2. The van der Waals surface area contributed by atoms with Gasteiger partial charge in [0.1, 0.15) is 18.8 Å². The van der Waals surface area contributed by atoms with Crippen molar-refractivity contribution in [2.24, 2.45) is 0 Å². The standard InChI is InChI=1S/C14H16N2O7/c15-4-1-2-11(17)22-9-6-20-14-10(7-21-13(9)14)23-12(18)3-5-19-8-16/h9-10,13-14H,1-3,5-7H2. The van der Waals surface area contributed by atoms with Gasteiger partial charge in [-0.1, -0.05) is 0 Å². The van der Waals surface area contributed by atoms with Crippen molar-refractivity contribution in [3.05, 3.63) is 0 Å². The van der Waals surface area contributed by atoms with Crippen LogP contribution in [0.5, 0.6) is 0 Å². The first kappa shape index (κ1) is 17.0. The molecule has 2 saturated heterocycles. The molecule has 0 aromatic rings. The second-order valence-electron chi connectivity index (χ2n) is 5.00. The van der Waals surface area contributed by atoms with E-state index in [0.717, 1.165) is 0 Å². The van der Waals surface area contributed by atoms with Gasteiger partial charge < -0.3 is 23.7 Å². The molecule has 0 saturated carbocycles. The first-order chi connectivity index (χ1) is 11.2. The van der Waals surface area contributed by atoms with Crippen molar-refractivity contribution in [1.29, 1.82) is 10.5 Å². The summed E-state index contributed by atoms with van der Waals surface area (Å²) in [6.45, 7) is 0.253. The lowest BCUT2D eigenvalue weighted by Gasteiger charge is -2.17. The predicted molar refractivity (Wildman–Crippen MR) is 70.3 cm³/mol. The van der Waals surface area contributed by atoms with Crippen LogP contribution in [0.1, 0.15) is 19.3 Å². The number of rotatable bonds is 7. The number of fused-ring (bicyclic) bond motifs is 1. The van der Waals surface area contributed by atoms with Crippen LogP contribution in [0.4, 0.5) is 0 Å². The highest BCUT2D eigenvalue weighted by Crippen LogP contribution is 2.31. The first-order valence-electron chi connectivity index (χ1n) is 7.15. The van der Waals surface area contributed by atoms with Gasteiger partial charge >= 0.3 is 11.9 Å². The zero-order valence-electron chi connectivity index (χ0n) is 12.3. The third-order valence-electron chi connectivity index (χ3n) is 3.44. The molecule has 4 unspecified atom stereocenters. The average molecular weight is 324 g/mol. The van der Waals surface area contributed by atoms with Crippen molar-refractivity contribution < 1.29 is 33.3 Å². The highest BCUT2D eigenvalue weighted by atomic mass is 16.7. The van der Waals surface area contributed by atoms with Gasteiger partial charge in [0.2, 0.25) is 0 Å². The summed E-state index contributed by atoms with van der Waals surface area (Å²) in [4.78, 5) is 23.1. The van der Waals surface area contributed by atoms with Crippen LogP contribution in [0.2, 0.25) is 0 Å². The average Bonchev–Trinajstić information content (AvgIpc) is 3.10. The zero-order chi connectivity index (χ0) is 16.7. The van der Waals surface area contributed by atoms with Crippen LogP contribution in [0, 0.1) is 22.8 Å². The number of carbonyl (C=O) groups excluding carboxylic acids is 2. The largest absolute Gasteiger partial charge is 0.457 e. The Balaban J connectivity index is 1.78. The van der Waals surface area contributed by atoms with Crippen LogP contribution in [0.25, 0.3) is 0 Å². The third-order valence-corrected chi connectivity index (χ3v) is 3.44. The Morgan fingerprint density at radius 2 is 1.57 bits per heavy atom. The van der Waals surface area contributed by atoms with E-state index < -0.39 is 36.4 Å². The Kier molecular flexibility index (Phi) is 6.15. The highest BCUT2D eigenvalue weighted by Gasteiger charge is 2.51. The quantitative estimate of drug-likeness (QED) is 0.355. The fraction of sp³-hybridized carbons (Fsp3) is 0.714. The maximum absolute atomic E-state index is 11.6. The molecule has 124 valence electrons. The monoisotopic (exact) mass is 324 g/mol. The fourth-order valence-corrected chi connectivity index (χ4v) is 2.42. The molecule has 4 atom stereocenters. The minimum absolute atomic E-state index is 0.0156. The van der Waals surface area contributed by atoms with E-state index in [0.29, 0.717) is 0 Å². The van der Waals surface area contributed by atoms with E-state index >= 15 is 0 Å². The lowest BCUT2D eigenvalue weighted by Crippen LogP contribution is -2.36. The van der Waals surface area contributed by atoms with E-state index in [1.165, 1.54) is 6.26 Å². The molecule has 0 aromatic heterocycles. The molecule has 9 heteroatoms. The molecule has 0 radical (unpaired) electrons. The molecule has 2 aliphatic rings. The number of hydrogen-bond donors (Lipinski definition) is 0. The van der Waals surface area contributed by atoms with Gasteiger partial charge in [0.15, 0.2) is 12.2 Å². The van der Waals surface area contributed by atoms with Gasteiger partial charge in [0.25, 0.3) is 6.26 Å². The van der Waals surface area contributed by atoms with Gasteiger partial charge in [0, 0.05) is 6.42 Å². The molecule has 0 amide bonds. The third kappa shape index (κ3) is 4.55. The van der Waals surface area contributed by atoms with Crippen LogP contribution in [0.3, 0.4) is 0 Å². The molecule has 2 aliphatic heterocycles. The van der Waals surface area contributed by atoms with E-state index in [4.69, 9.17) is 29.5 Å². The number of nitrogens with zero attached hydrogens (tertiary/aromatic N) is 2. The molecule has 2 fully saturated rings. The molecule has 0 aliphatic carbocycles. The van der Waals surface area contributed by atoms with Crippen molar-refractivity contribution in [2.75, 3.05) is 19.8 Å². The van der Waals surface area contributed by atoms with E-state index in [1.807, 2.05) is 6.07 Å².